The van der Waals surface area contributed by atoms with E-state index in [4.69, 9.17) is 10.8 Å². The lowest BCUT2D eigenvalue weighted by Gasteiger charge is -2.01. The number of carboxylic acid groups (broad SMARTS) is 1. The number of nitrogens with two attached hydrogens (primary N) is 1. The maximum Gasteiger partial charge on any atom is 0.338 e. The summed E-state index contributed by atoms with van der Waals surface area (Å²) in [5, 5.41) is 19.1. The van der Waals surface area contributed by atoms with Gasteiger partial charge in [-0.15, -0.1) is 0 Å². The first kappa shape index (κ1) is 10.5. The molecule has 0 bridgehead atoms. The van der Waals surface area contributed by atoms with Crippen LogP contribution in [0.5, 0.6) is 0 Å². The molecule has 0 aliphatic carbocycles. The third-order valence-electron chi connectivity index (χ3n) is 1.55. The zero-order chi connectivity index (χ0) is 10.9. The van der Waals surface area contributed by atoms with Crippen LogP contribution in [0.1, 0.15) is 10.4 Å². The standard InChI is InChI=1S/C7H5BrN2O4/c8-4-2-5(9)3(7(11)12)1-6(4)10(13)14/h1-2H,9H2,(H,11,12). The van der Waals surface area contributed by atoms with Crippen LogP contribution in [-0.4, -0.2) is 16.0 Å². The second kappa shape index (κ2) is 3.62. The highest BCUT2D eigenvalue weighted by molar-refractivity contribution is 9.10. The van der Waals surface area contributed by atoms with Crippen molar-refractivity contribution >= 4 is 33.3 Å². The van der Waals surface area contributed by atoms with Crippen molar-refractivity contribution < 1.29 is 14.8 Å². The van der Waals surface area contributed by atoms with Gasteiger partial charge in [0.05, 0.1) is 15.0 Å². The highest BCUT2D eigenvalue weighted by Gasteiger charge is 2.18. The minimum absolute atomic E-state index is 0.0185. The van der Waals surface area contributed by atoms with Crippen LogP contribution in [0.3, 0.4) is 0 Å². The van der Waals surface area contributed by atoms with E-state index in [1.807, 2.05) is 0 Å². The lowest BCUT2D eigenvalue weighted by molar-refractivity contribution is -0.385. The van der Waals surface area contributed by atoms with Gasteiger partial charge in [0.25, 0.3) is 5.69 Å². The number of carboxylic acids is 1. The minimum atomic E-state index is -1.29. The van der Waals surface area contributed by atoms with E-state index < -0.39 is 10.9 Å². The van der Waals surface area contributed by atoms with Crippen LogP contribution in [-0.2, 0) is 0 Å². The Morgan fingerprint density at radius 3 is 2.57 bits per heavy atom. The van der Waals surface area contributed by atoms with Crippen molar-refractivity contribution in [2.45, 2.75) is 0 Å². The number of rotatable bonds is 2. The van der Waals surface area contributed by atoms with E-state index in [-0.39, 0.29) is 21.4 Å². The minimum Gasteiger partial charge on any atom is -0.478 e. The average Bonchev–Trinajstić information content (AvgIpc) is 2.02. The van der Waals surface area contributed by atoms with Crippen LogP contribution in [0, 0.1) is 10.1 Å². The molecule has 0 heterocycles. The number of nitrogens with zero attached hydrogens (tertiary/aromatic N) is 1. The normalized spacial score (nSPS) is 9.79. The number of nitro groups is 1. The van der Waals surface area contributed by atoms with Crippen LogP contribution < -0.4 is 5.73 Å². The Kier molecular flexibility index (Phi) is 2.70. The SMILES string of the molecule is Nc1cc(Br)c([N+](=O)[O-])cc1C(=O)O. The van der Waals surface area contributed by atoms with Gasteiger partial charge in [-0.25, -0.2) is 4.79 Å². The number of carbonyl (C=O) groups is 1. The molecule has 1 rings (SSSR count). The number of benzene rings is 1. The van der Waals surface area contributed by atoms with Gasteiger partial charge < -0.3 is 10.8 Å². The Bertz CT molecular complexity index is 383. The molecule has 6 nitrogen and oxygen atoms in total. The predicted molar refractivity (Wildman–Crippen MR) is 52.2 cm³/mol. The number of hydrogen-bond acceptors (Lipinski definition) is 4. The van der Waals surface area contributed by atoms with Crippen molar-refractivity contribution in [2.24, 2.45) is 0 Å². The predicted octanol–water partition coefficient (Wildman–Crippen LogP) is 1.64. The van der Waals surface area contributed by atoms with Gasteiger partial charge >= 0.3 is 5.97 Å². The van der Waals surface area contributed by atoms with E-state index in [0.29, 0.717) is 0 Å². The molecular weight excluding hydrogens is 256 g/mol. The van der Waals surface area contributed by atoms with Crippen LogP contribution in [0.25, 0.3) is 0 Å². The summed E-state index contributed by atoms with van der Waals surface area (Å²) < 4.78 is 0.157. The van der Waals surface area contributed by atoms with Gasteiger partial charge in [0.15, 0.2) is 0 Å². The first-order valence-electron chi connectivity index (χ1n) is 3.40. The smallest absolute Gasteiger partial charge is 0.338 e. The fraction of sp³-hybridized carbons (Fsp3) is 0. The average molecular weight is 261 g/mol. The van der Waals surface area contributed by atoms with E-state index in [1.165, 1.54) is 6.07 Å². The highest BCUT2D eigenvalue weighted by atomic mass is 79.9. The Morgan fingerprint density at radius 2 is 2.14 bits per heavy atom. The van der Waals surface area contributed by atoms with Gasteiger partial charge in [0.1, 0.15) is 0 Å². The van der Waals surface area contributed by atoms with Crippen molar-refractivity contribution in [3.8, 4) is 0 Å². The Labute approximate surface area is 86.6 Å². The Morgan fingerprint density at radius 1 is 1.57 bits per heavy atom. The number of nitrogen functional groups attached to an aromatic ring is 1. The molecular formula is C7H5BrN2O4. The second-order valence-corrected chi connectivity index (χ2v) is 3.31. The van der Waals surface area contributed by atoms with E-state index >= 15 is 0 Å². The van der Waals surface area contributed by atoms with Gasteiger partial charge in [-0.2, -0.15) is 0 Å². The van der Waals surface area contributed by atoms with Crippen LogP contribution in [0.2, 0.25) is 0 Å². The van der Waals surface area contributed by atoms with Crippen molar-refractivity contribution in [2.75, 3.05) is 5.73 Å². The largest absolute Gasteiger partial charge is 0.478 e. The molecule has 0 fully saturated rings. The van der Waals surface area contributed by atoms with Crippen molar-refractivity contribution in [1.29, 1.82) is 0 Å². The van der Waals surface area contributed by atoms with E-state index in [1.54, 1.807) is 0 Å². The summed E-state index contributed by atoms with van der Waals surface area (Å²) in [4.78, 5) is 20.4. The van der Waals surface area contributed by atoms with Gasteiger partial charge in [-0.05, 0) is 22.0 Å². The van der Waals surface area contributed by atoms with E-state index in [9.17, 15) is 14.9 Å². The summed E-state index contributed by atoms with van der Waals surface area (Å²) in [7, 11) is 0. The summed E-state index contributed by atoms with van der Waals surface area (Å²) in [6, 6.07) is 2.11. The zero-order valence-electron chi connectivity index (χ0n) is 6.73. The number of hydrogen-bond donors (Lipinski definition) is 2. The van der Waals surface area contributed by atoms with Gasteiger partial charge in [0.2, 0.25) is 0 Å². The lowest BCUT2D eigenvalue weighted by atomic mass is 10.1. The molecule has 3 N–H and O–H groups in total. The van der Waals surface area contributed by atoms with E-state index in [0.717, 1.165) is 6.07 Å². The van der Waals surface area contributed by atoms with Crippen LogP contribution in [0.15, 0.2) is 16.6 Å². The van der Waals surface area contributed by atoms with Crippen LogP contribution in [0.4, 0.5) is 11.4 Å². The molecule has 1 aromatic carbocycles. The first-order valence-corrected chi connectivity index (χ1v) is 4.19. The molecule has 0 amide bonds. The van der Waals surface area contributed by atoms with E-state index in [2.05, 4.69) is 15.9 Å². The maximum absolute atomic E-state index is 10.6. The van der Waals surface area contributed by atoms with Crippen molar-refractivity contribution in [1.82, 2.24) is 0 Å². The van der Waals surface area contributed by atoms with Crippen LogP contribution >= 0.6 is 15.9 Å². The molecule has 1 aromatic rings. The van der Waals surface area contributed by atoms with Crippen molar-refractivity contribution in [3.63, 3.8) is 0 Å². The Hall–Kier alpha value is -1.63. The summed E-state index contributed by atoms with van der Waals surface area (Å²) >= 11 is 2.92. The topological polar surface area (TPSA) is 106 Å². The van der Waals surface area contributed by atoms with Crippen molar-refractivity contribution in [3.05, 3.63) is 32.3 Å². The number of anilines is 1. The molecule has 0 aromatic heterocycles. The molecule has 0 spiro atoms. The number of aromatic carboxylic acids is 1. The third-order valence-corrected chi connectivity index (χ3v) is 2.18. The van der Waals surface area contributed by atoms with Gasteiger partial charge in [0, 0.05) is 11.8 Å². The fourth-order valence-corrected chi connectivity index (χ4v) is 1.41. The molecule has 0 saturated heterocycles. The molecule has 0 saturated carbocycles. The monoisotopic (exact) mass is 260 g/mol. The van der Waals surface area contributed by atoms with Gasteiger partial charge in [-0.1, -0.05) is 0 Å². The number of nitro benzene ring substituents is 1. The third kappa shape index (κ3) is 1.82. The number of halogens is 1. The molecule has 74 valence electrons. The summed E-state index contributed by atoms with van der Waals surface area (Å²) in [6.07, 6.45) is 0. The molecule has 0 unspecified atom stereocenters. The molecule has 14 heavy (non-hydrogen) atoms. The zero-order valence-corrected chi connectivity index (χ0v) is 8.32. The molecule has 0 radical (unpaired) electrons. The second-order valence-electron chi connectivity index (χ2n) is 2.45. The highest BCUT2D eigenvalue weighted by Crippen LogP contribution is 2.29. The van der Waals surface area contributed by atoms with Gasteiger partial charge in [-0.3, -0.25) is 10.1 Å². The molecule has 0 aliphatic rings. The summed E-state index contributed by atoms with van der Waals surface area (Å²) in [6.45, 7) is 0. The molecule has 7 heteroatoms. The Balaban J connectivity index is 3.42. The fourth-order valence-electron chi connectivity index (χ4n) is 0.902. The maximum atomic E-state index is 10.6. The summed E-state index contributed by atoms with van der Waals surface area (Å²) in [5.41, 5.74) is 4.74. The lowest BCUT2D eigenvalue weighted by Crippen LogP contribution is -2.04. The first-order chi connectivity index (χ1) is 6.43. The summed E-state index contributed by atoms with van der Waals surface area (Å²) in [5.74, 6) is -1.29. The molecule has 0 aliphatic heterocycles. The molecule has 0 atom stereocenters. The quantitative estimate of drug-likeness (QED) is 0.478.